The minimum atomic E-state index is 0.457. The smallest absolute Gasteiger partial charge is 0.150 e. The average Bonchev–Trinajstić information content (AvgIpc) is 2.97. The molecule has 2 fully saturated rings. The van der Waals surface area contributed by atoms with Gasteiger partial charge in [-0.15, -0.1) is 6.58 Å². The number of nitrogens with zero attached hydrogens (tertiary/aromatic N) is 3. The minimum Gasteiger partial charge on any atom is -0.369 e. The Morgan fingerprint density at radius 1 is 1.05 bits per heavy atom. The van der Waals surface area contributed by atoms with Gasteiger partial charge in [-0.1, -0.05) is 90.2 Å². The summed E-state index contributed by atoms with van der Waals surface area (Å²) in [7, 11) is 0. The molecule has 1 aromatic rings. The molecule has 220 valence electrons. The molecule has 1 saturated heterocycles. The van der Waals surface area contributed by atoms with Crippen LogP contribution in [0.1, 0.15) is 95.5 Å². The zero-order valence-electron chi connectivity index (χ0n) is 26.0. The van der Waals surface area contributed by atoms with Crippen LogP contribution in [0.15, 0.2) is 43.0 Å². The summed E-state index contributed by atoms with van der Waals surface area (Å²) in [5.41, 5.74) is 3.49. The van der Waals surface area contributed by atoms with Crippen LogP contribution in [0, 0.1) is 17.8 Å². The van der Waals surface area contributed by atoms with Crippen molar-refractivity contribution in [3.63, 3.8) is 0 Å². The fraction of sp³-hybridized carbons (Fsp3) is 0.686. The molecule has 0 aromatic heterocycles. The number of hydrogen-bond acceptors (Lipinski definition) is 4. The maximum atomic E-state index is 11.8. The van der Waals surface area contributed by atoms with Crippen molar-refractivity contribution >= 4 is 12.0 Å². The summed E-state index contributed by atoms with van der Waals surface area (Å²) in [4.78, 5) is 19.5. The van der Waals surface area contributed by atoms with Crippen molar-refractivity contribution in [2.75, 3.05) is 57.3 Å². The largest absolute Gasteiger partial charge is 0.369 e. The molecule has 4 heteroatoms. The minimum absolute atomic E-state index is 0.457. The highest BCUT2D eigenvalue weighted by Crippen LogP contribution is 2.32. The molecule has 0 amide bonds. The second kappa shape index (κ2) is 19.2. The number of benzene rings is 1. The highest BCUT2D eigenvalue weighted by molar-refractivity contribution is 5.78. The van der Waals surface area contributed by atoms with E-state index >= 15 is 0 Å². The van der Waals surface area contributed by atoms with Gasteiger partial charge in [-0.2, -0.15) is 0 Å². The van der Waals surface area contributed by atoms with Crippen LogP contribution in [0.5, 0.6) is 0 Å². The van der Waals surface area contributed by atoms with E-state index in [1.807, 2.05) is 19.9 Å². The van der Waals surface area contributed by atoms with E-state index in [-0.39, 0.29) is 0 Å². The molecular formula is C35H59N3O. The molecule has 3 rings (SSSR count). The molecule has 1 unspecified atom stereocenters. The van der Waals surface area contributed by atoms with Crippen molar-refractivity contribution in [1.82, 2.24) is 9.80 Å². The lowest BCUT2D eigenvalue weighted by atomic mass is 9.84. The second-order valence-corrected chi connectivity index (χ2v) is 11.6. The first kappa shape index (κ1) is 33.3. The monoisotopic (exact) mass is 537 g/mol. The number of likely N-dealkylation sites (tertiary alicyclic amines) is 1. The Morgan fingerprint density at radius 3 is 2.38 bits per heavy atom. The third kappa shape index (κ3) is 11.6. The number of aldehydes is 1. The van der Waals surface area contributed by atoms with Crippen LogP contribution >= 0.6 is 0 Å². The molecule has 2 aliphatic rings. The molecule has 0 radical (unpaired) electrons. The van der Waals surface area contributed by atoms with E-state index in [1.165, 1.54) is 75.8 Å². The number of carbonyl (C=O) groups excluding carboxylic acids is 1. The second-order valence-electron chi connectivity index (χ2n) is 11.6. The van der Waals surface area contributed by atoms with E-state index in [0.29, 0.717) is 5.92 Å². The predicted octanol–water partition coefficient (Wildman–Crippen LogP) is 7.89. The van der Waals surface area contributed by atoms with Gasteiger partial charge in [0.15, 0.2) is 0 Å². The molecule has 1 aliphatic carbocycles. The Morgan fingerprint density at radius 2 is 1.77 bits per heavy atom. The van der Waals surface area contributed by atoms with Crippen LogP contribution in [0.3, 0.4) is 0 Å². The number of piperidine rings is 1. The summed E-state index contributed by atoms with van der Waals surface area (Å²) in [5.74, 6) is 2.01. The van der Waals surface area contributed by atoms with Gasteiger partial charge in [-0.3, -0.25) is 9.69 Å². The van der Waals surface area contributed by atoms with Crippen molar-refractivity contribution in [1.29, 1.82) is 0 Å². The van der Waals surface area contributed by atoms with Gasteiger partial charge in [0.05, 0.1) is 0 Å². The van der Waals surface area contributed by atoms with Gasteiger partial charge in [0.25, 0.3) is 0 Å². The van der Waals surface area contributed by atoms with Gasteiger partial charge >= 0.3 is 0 Å². The lowest BCUT2D eigenvalue weighted by molar-refractivity contribution is 0.112. The van der Waals surface area contributed by atoms with E-state index in [4.69, 9.17) is 0 Å². The highest BCUT2D eigenvalue weighted by atomic mass is 16.1. The lowest BCUT2D eigenvalue weighted by Gasteiger charge is -2.36. The zero-order valence-corrected chi connectivity index (χ0v) is 26.0. The Kier molecular flexibility index (Phi) is 16.4. The maximum absolute atomic E-state index is 11.8. The van der Waals surface area contributed by atoms with Crippen LogP contribution in [-0.4, -0.2) is 68.4 Å². The molecule has 1 aliphatic heterocycles. The first-order chi connectivity index (χ1) is 19.1. The van der Waals surface area contributed by atoms with Crippen LogP contribution in [-0.2, 0) is 6.42 Å². The van der Waals surface area contributed by atoms with Gasteiger partial charge in [-0.25, -0.2) is 0 Å². The summed E-state index contributed by atoms with van der Waals surface area (Å²) < 4.78 is 0. The van der Waals surface area contributed by atoms with E-state index < -0.39 is 0 Å². The Bertz CT molecular complexity index is 836. The molecule has 0 bridgehead atoms. The zero-order chi connectivity index (χ0) is 28.5. The number of allylic oxidation sites excluding steroid dienone is 1. The van der Waals surface area contributed by atoms with E-state index in [0.717, 1.165) is 62.8 Å². The molecule has 0 spiro atoms. The molecular weight excluding hydrogens is 478 g/mol. The van der Waals surface area contributed by atoms with Crippen molar-refractivity contribution in [3.05, 3.63) is 54.1 Å². The fourth-order valence-corrected chi connectivity index (χ4v) is 6.42. The summed E-state index contributed by atoms with van der Waals surface area (Å²) in [6.45, 7) is 23.5. The Hall–Kier alpha value is -1.91. The van der Waals surface area contributed by atoms with Crippen molar-refractivity contribution < 1.29 is 4.79 Å². The van der Waals surface area contributed by atoms with E-state index in [2.05, 4.69) is 72.4 Å². The third-order valence-corrected chi connectivity index (χ3v) is 8.59. The first-order valence-corrected chi connectivity index (χ1v) is 16.1. The molecule has 1 atom stereocenters. The molecule has 1 aromatic carbocycles. The molecule has 1 saturated carbocycles. The number of rotatable bonds is 15. The summed E-state index contributed by atoms with van der Waals surface area (Å²) in [6.07, 6.45) is 18.1. The third-order valence-electron chi connectivity index (χ3n) is 8.59. The summed E-state index contributed by atoms with van der Waals surface area (Å²) in [5, 5.41) is 0. The van der Waals surface area contributed by atoms with Crippen LogP contribution < -0.4 is 4.90 Å². The number of anilines is 1. The van der Waals surface area contributed by atoms with Gasteiger partial charge < -0.3 is 9.80 Å². The lowest BCUT2D eigenvalue weighted by Crippen LogP contribution is -2.42. The molecule has 1 heterocycles. The SMILES string of the molecule is C=CCN(CCN(CC(C)/C=C\C)c1cc(C=O)ccc1CC1CCCCC1)CC1CCN(CC)CC1.CC. The van der Waals surface area contributed by atoms with Crippen molar-refractivity contribution in [2.24, 2.45) is 17.8 Å². The fourth-order valence-electron chi connectivity index (χ4n) is 6.42. The average molecular weight is 538 g/mol. The van der Waals surface area contributed by atoms with Crippen LogP contribution in [0.4, 0.5) is 5.69 Å². The summed E-state index contributed by atoms with van der Waals surface area (Å²) >= 11 is 0. The Labute approximate surface area is 241 Å². The van der Waals surface area contributed by atoms with Gasteiger partial charge in [0.2, 0.25) is 0 Å². The molecule has 39 heavy (non-hydrogen) atoms. The van der Waals surface area contributed by atoms with E-state index in [1.54, 1.807) is 0 Å². The standard InChI is InChI=1S/C33H53N3O.C2H6/c1-5-11-28(4)25-36(22-21-35(18-6-2)26-30-16-19-34(7-3)20-17-30)33-24-31(27-37)14-15-32(33)23-29-12-9-8-10-13-29;1-2/h5-6,11,14-15,24,27-30H,2,7-10,12-13,16-23,25-26H2,1,3-4H3;1-2H3/b11-5-;. The summed E-state index contributed by atoms with van der Waals surface area (Å²) in [6, 6.07) is 6.42. The van der Waals surface area contributed by atoms with Crippen LogP contribution in [0.2, 0.25) is 0 Å². The number of carbonyl (C=O) groups is 1. The topological polar surface area (TPSA) is 26.8 Å². The maximum Gasteiger partial charge on any atom is 0.150 e. The normalized spacial score (nSPS) is 18.1. The number of hydrogen-bond donors (Lipinski definition) is 0. The van der Waals surface area contributed by atoms with Gasteiger partial charge in [0.1, 0.15) is 6.29 Å². The van der Waals surface area contributed by atoms with Crippen molar-refractivity contribution in [2.45, 2.75) is 86.0 Å². The molecule has 4 nitrogen and oxygen atoms in total. The van der Waals surface area contributed by atoms with E-state index in [9.17, 15) is 4.79 Å². The Balaban J connectivity index is 0.00000260. The highest BCUT2D eigenvalue weighted by Gasteiger charge is 2.23. The van der Waals surface area contributed by atoms with Gasteiger partial charge in [-0.05, 0) is 75.2 Å². The first-order valence-electron chi connectivity index (χ1n) is 16.1. The van der Waals surface area contributed by atoms with Crippen molar-refractivity contribution in [3.8, 4) is 0 Å². The van der Waals surface area contributed by atoms with Gasteiger partial charge in [0, 0.05) is 44.0 Å². The quantitative estimate of drug-likeness (QED) is 0.168. The van der Waals surface area contributed by atoms with Crippen LogP contribution in [0.25, 0.3) is 0 Å². The predicted molar refractivity (Wildman–Crippen MR) is 171 cm³/mol. The molecule has 0 N–H and O–H groups in total.